The number of nitrogens with two attached hydrogens (primary N) is 1. The number of carbonyl (C=O) groups is 2. The number of benzene rings is 1. The number of nitro groups is 1. The molecule has 8 nitrogen and oxygen atoms in total. The maximum absolute atomic E-state index is 11.7. The van der Waals surface area contributed by atoms with Gasteiger partial charge >= 0.3 is 0 Å². The van der Waals surface area contributed by atoms with Gasteiger partial charge in [-0.15, -0.1) is 0 Å². The molecule has 0 aliphatic heterocycles. The highest BCUT2D eigenvalue weighted by atomic mass is 16.6. The van der Waals surface area contributed by atoms with Gasteiger partial charge in [0.05, 0.1) is 11.5 Å². The normalized spacial score (nSPS) is 13.9. The molecule has 2 amide bonds. The van der Waals surface area contributed by atoms with Crippen molar-refractivity contribution in [3.63, 3.8) is 0 Å². The second-order valence-electron chi connectivity index (χ2n) is 5.48. The van der Waals surface area contributed by atoms with Crippen molar-refractivity contribution in [1.82, 2.24) is 10.2 Å². The minimum absolute atomic E-state index is 0.0876. The van der Waals surface area contributed by atoms with E-state index in [2.05, 4.69) is 5.32 Å². The van der Waals surface area contributed by atoms with Gasteiger partial charge in [0.25, 0.3) is 5.69 Å². The molecule has 22 heavy (non-hydrogen) atoms. The molecule has 1 saturated carbocycles. The van der Waals surface area contributed by atoms with Gasteiger partial charge in [0.15, 0.2) is 0 Å². The predicted molar refractivity (Wildman–Crippen MR) is 79.1 cm³/mol. The van der Waals surface area contributed by atoms with Gasteiger partial charge in [0.2, 0.25) is 11.8 Å². The number of likely N-dealkylation sites (N-methyl/N-ethyl adjacent to an activating group) is 1. The maximum Gasteiger partial charge on any atom is 0.274 e. The minimum atomic E-state index is -0.716. The number of hydrogen-bond donors (Lipinski definition) is 2. The summed E-state index contributed by atoms with van der Waals surface area (Å²) >= 11 is 0. The molecule has 0 radical (unpaired) electrons. The van der Waals surface area contributed by atoms with Gasteiger partial charge in [-0.05, 0) is 26.0 Å². The molecule has 1 aromatic carbocycles. The van der Waals surface area contributed by atoms with Crippen LogP contribution in [0, 0.1) is 10.1 Å². The zero-order valence-electron chi connectivity index (χ0n) is 12.2. The highest BCUT2D eigenvalue weighted by Gasteiger charge is 2.24. The summed E-state index contributed by atoms with van der Waals surface area (Å²) in [5, 5.41) is 14.0. The fraction of sp³-hybridized carbons (Fsp3) is 0.429. The lowest BCUT2D eigenvalue weighted by Crippen LogP contribution is -2.36. The molecule has 1 aliphatic rings. The smallest absolute Gasteiger partial charge is 0.274 e. The van der Waals surface area contributed by atoms with Crippen molar-refractivity contribution in [1.29, 1.82) is 0 Å². The lowest BCUT2D eigenvalue weighted by molar-refractivity contribution is -0.385. The van der Waals surface area contributed by atoms with Gasteiger partial charge in [-0.3, -0.25) is 24.6 Å². The summed E-state index contributed by atoms with van der Waals surface area (Å²) in [7, 11) is 1.71. The van der Waals surface area contributed by atoms with Crippen LogP contribution in [0.15, 0.2) is 18.2 Å². The molecular weight excluding hydrogens is 288 g/mol. The summed E-state index contributed by atoms with van der Waals surface area (Å²) in [4.78, 5) is 35.0. The molecule has 0 heterocycles. The molecule has 2 rings (SSSR count). The largest absolute Gasteiger partial charge is 0.366 e. The highest BCUT2D eigenvalue weighted by molar-refractivity contribution is 5.93. The Morgan fingerprint density at radius 1 is 1.45 bits per heavy atom. The Morgan fingerprint density at radius 2 is 2.14 bits per heavy atom. The van der Waals surface area contributed by atoms with Crippen LogP contribution < -0.4 is 11.1 Å². The second kappa shape index (κ2) is 6.52. The van der Waals surface area contributed by atoms with Crippen molar-refractivity contribution >= 4 is 17.5 Å². The summed E-state index contributed by atoms with van der Waals surface area (Å²) in [6.45, 7) is 0.388. The van der Waals surface area contributed by atoms with E-state index >= 15 is 0 Å². The lowest BCUT2D eigenvalue weighted by atomic mass is 10.1. The molecule has 8 heteroatoms. The second-order valence-corrected chi connectivity index (χ2v) is 5.48. The highest BCUT2D eigenvalue weighted by Crippen LogP contribution is 2.22. The third kappa shape index (κ3) is 4.26. The molecular formula is C14H18N4O4. The number of nitrogens with one attached hydrogen (secondary N) is 1. The van der Waals surface area contributed by atoms with Crippen LogP contribution in [0.25, 0.3) is 0 Å². The van der Waals surface area contributed by atoms with E-state index in [0.717, 1.165) is 18.9 Å². The number of rotatable bonds is 7. The van der Waals surface area contributed by atoms with Gasteiger partial charge in [0, 0.05) is 29.8 Å². The average molecular weight is 306 g/mol. The van der Waals surface area contributed by atoms with Gasteiger partial charge < -0.3 is 11.1 Å². The van der Waals surface area contributed by atoms with Crippen molar-refractivity contribution in [2.45, 2.75) is 25.4 Å². The number of carbonyl (C=O) groups excluding carboxylic acids is 2. The molecule has 0 atom stereocenters. The summed E-state index contributed by atoms with van der Waals surface area (Å²) in [5.74, 6) is -0.812. The molecule has 118 valence electrons. The number of nitro benzene ring substituents is 1. The van der Waals surface area contributed by atoms with Gasteiger partial charge in [-0.25, -0.2) is 0 Å². The average Bonchev–Trinajstić information content (AvgIpc) is 3.21. The van der Waals surface area contributed by atoms with E-state index in [0.29, 0.717) is 5.56 Å². The summed E-state index contributed by atoms with van der Waals surface area (Å²) in [5.41, 5.74) is 5.47. The van der Waals surface area contributed by atoms with E-state index in [4.69, 9.17) is 5.73 Å². The van der Waals surface area contributed by atoms with E-state index in [1.54, 1.807) is 11.9 Å². The van der Waals surface area contributed by atoms with Crippen LogP contribution in [-0.4, -0.2) is 41.3 Å². The fourth-order valence-corrected chi connectivity index (χ4v) is 2.11. The van der Waals surface area contributed by atoms with Gasteiger partial charge in [-0.2, -0.15) is 0 Å². The minimum Gasteiger partial charge on any atom is -0.366 e. The van der Waals surface area contributed by atoms with Crippen LogP contribution in [0.2, 0.25) is 0 Å². The van der Waals surface area contributed by atoms with Crippen molar-refractivity contribution < 1.29 is 14.5 Å². The topological polar surface area (TPSA) is 119 Å². The molecule has 0 spiro atoms. The Kier molecular flexibility index (Phi) is 4.71. The molecule has 3 N–H and O–H groups in total. The van der Waals surface area contributed by atoms with Crippen molar-refractivity contribution in [3.8, 4) is 0 Å². The Labute approximate surface area is 127 Å². The first-order valence-electron chi connectivity index (χ1n) is 6.92. The van der Waals surface area contributed by atoms with Crippen molar-refractivity contribution in [2.75, 3.05) is 13.6 Å². The standard InChI is InChI=1S/C14H18N4O4/c1-17(8-13(19)16-11-4-5-11)7-10-3-2-9(14(15)20)6-12(10)18(21)22/h2-3,6,11H,4-5,7-8H2,1H3,(H2,15,20)(H,16,19). The molecule has 1 aliphatic carbocycles. The molecule has 0 bridgehead atoms. The molecule has 1 aromatic rings. The number of hydrogen-bond acceptors (Lipinski definition) is 5. The first-order valence-corrected chi connectivity index (χ1v) is 6.92. The third-order valence-electron chi connectivity index (χ3n) is 3.36. The van der Waals surface area contributed by atoms with Crippen LogP contribution in [0.1, 0.15) is 28.8 Å². The Morgan fingerprint density at radius 3 is 2.68 bits per heavy atom. The summed E-state index contributed by atoms with van der Waals surface area (Å²) in [6, 6.07) is 4.39. The van der Waals surface area contributed by atoms with E-state index < -0.39 is 10.8 Å². The van der Waals surface area contributed by atoms with Crippen LogP contribution in [-0.2, 0) is 11.3 Å². The fourth-order valence-electron chi connectivity index (χ4n) is 2.11. The SMILES string of the molecule is CN(CC(=O)NC1CC1)Cc1ccc(C(N)=O)cc1[N+](=O)[O-]. The molecule has 0 unspecified atom stereocenters. The molecule has 0 aromatic heterocycles. The van der Waals surface area contributed by atoms with Gasteiger partial charge in [0.1, 0.15) is 0 Å². The van der Waals surface area contributed by atoms with Crippen molar-refractivity contribution in [3.05, 3.63) is 39.4 Å². The predicted octanol–water partition coefficient (Wildman–Crippen LogP) is 0.404. The van der Waals surface area contributed by atoms with Crippen LogP contribution >= 0.6 is 0 Å². The van der Waals surface area contributed by atoms with Crippen LogP contribution in [0.5, 0.6) is 0 Å². The van der Waals surface area contributed by atoms with Gasteiger partial charge in [-0.1, -0.05) is 6.07 Å². The Bertz CT molecular complexity index is 613. The zero-order valence-corrected chi connectivity index (χ0v) is 12.2. The molecule has 1 fully saturated rings. The summed E-state index contributed by atoms with van der Waals surface area (Å²) in [6.07, 6.45) is 2.02. The van der Waals surface area contributed by atoms with Crippen LogP contribution in [0.4, 0.5) is 5.69 Å². The van der Waals surface area contributed by atoms with E-state index in [9.17, 15) is 19.7 Å². The maximum atomic E-state index is 11.7. The zero-order chi connectivity index (χ0) is 16.3. The molecule has 0 saturated heterocycles. The Balaban J connectivity index is 2.05. The number of nitrogens with zero attached hydrogens (tertiary/aromatic N) is 2. The summed E-state index contributed by atoms with van der Waals surface area (Å²) < 4.78 is 0. The van der Waals surface area contributed by atoms with Crippen molar-refractivity contribution in [2.24, 2.45) is 5.73 Å². The Hall–Kier alpha value is -2.48. The first-order chi connectivity index (χ1) is 10.4. The quantitative estimate of drug-likeness (QED) is 0.558. The number of amides is 2. The third-order valence-corrected chi connectivity index (χ3v) is 3.36. The monoisotopic (exact) mass is 306 g/mol. The van der Waals surface area contributed by atoms with E-state index in [-0.39, 0.29) is 36.3 Å². The lowest BCUT2D eigenvalue weighted by Gasteiger charge is -2.16. The first kappa shape index (κ1) is 15.9. The number of primary amides is 1. The van der Waals surface area contributed by atoms with E-state index in [1.807, 2.05) is 0 Å². The van der Waals surface area contributed by atoms with Crippen LogP contribution in [0.3, 0.4) is 0 Å². The van der Waals surface area contributed by atoms with E-state index in [1.165, 1.54) is 12.1 Å².